The number of aromatic nitrogens is 1. The molecule has 0 unspecified atom stereocenters. The molecule has 0 bridgehead atoms. The first-order valence-corrected chi connectivity index (χ1v) is 28.5. The molecular formula is C58H70N2O2S4. The van der Waals surface area contributed by atoms with Gasteiger partial charge in [0, 0.05) is 67.4 Å². The fourth-order valence-corrected chi connectivity index (χ4v) is 14.7. The van der Waals surface area contributed by atoms with Gasteiger partial charge in [-0.05, 0) is 135 Å². The Hall–Kier alpha value is -4.26. The van der Waals surface area contributed by atoms with Crippen molar-refractivity contribution in [2.45, 2.75) is 170 Å². The molecule has 5 heterocycles. The number of para-hydroxylation sites is 1. The SMILES string of the molecule is CCCCCCc1cc(-c2sc(-c3sc(-c4sc(-c5ccc6c(c5)c5ccccc5n6CC)cc4CCCCCC)cc3CCCCCC)cc2CCCCCC)sc1/C=C(/C#N)C(=O)O. The van der Waals surface area contributed by atoms with Gasteiger partial charge >= 0.3 is 5.97 Å². The number of unbranched alkanes of at least 4 members (excludes halogenated alkanes) is 12. The van der Waals surface area contributed by atoms with Crippen molar-refractivity contribution in [3.05, 3.63) is 99.4 Å². The summed E-state index contributed by atoms with van der Waals surface area (Å²) in [6.07, 6.45) is 25.0. The second kappa shape index (κ2) is 24.7. The van der Waals surface area contributed by atoms with Crippen LogP contribution in [0.15, 0.2) is 72.3 Å². The van der Waals surface area contributed by atoms with Gasteiger partial charge in [0.15, 0.2) is 0 Å². The molecule has 1 N–H and O–H groups in total. The molecule has 66 heavy (non-hydrogen) atoms. The molecule has 0 saturated heterocycles. The normalized spacial score (nSPS) is 12.0. The number of carbonyl (C=O) groups is 1. The standard InChI is InChI=1S/C58H70N2O2S4/c1-6-11-15-19-25-40-34-52(63-50(40)38-45(39-59)58(61)62)55-43(27-21-17-13-8-3)36-54(65-55)57-44(28-22-18-14-9-4)37-53(66-57)56-42(26-20-16-12-7-2)35-51(64-56)41-31-32-49-47(33-41)46-29-23-24-30-48(46)60(49)10-5/h23-24,29-38H,6-22,25-28H2,1-5H3,(H,61,62)/b45-38-. The number of benzene rings is 2. The van der Waals surface area contributed by atoms with E-state index in [2.05, 4.69) is 106 Å². The van der Waals surface area contributed by atoms with E-state index in [1.807, 2.05) is 40.1 Å². The van der Waals surface area contributed by atoms with E-state index in [1.54, 1.807) is 17.4 Å². The molecule has 0 atom stereocenters. The highest BCUT2D eigenvalue weighted by molar-refractivity contribution is 7.29. The van der Waals surface area contributed by atoms with Crippen LogP contribution in [0.5, 0.6) is 0 Å². The maximum absolute atomic E-state index is 12.0. The average molecular weight is 955 g/mol. The molecule has 4 nitrogen and oxygen atoms in total. The van der Waals surface area contributed by atoms with E-state index in [-0.39, 0.29) is 5.57 Å². The fraction of sp³-hybridized carbons (Fsp3) is 0.448. The van der Waals surface area contributed by atoms with Crippen LogP contribution in [0.1, 0.15) is 164 Å². The van der Waals surface area contributed by atoms with E-state index < -0.39 is 5.97 Å². The maximum Gasteiger partial charge on any atom is 0.346 e. The molecule has 0 radical (unpaired) electrons. The summed E-state index contributed by atoms with van der Waals surface area (Å²) in [5.74, 6) is -1.16. The number of hydrogen-bond donors (Lipinski definition) is 1. The van der Waals surface area contributed by atoms with Crippen LogP contribution in [0, 0.1) is 11.3 Å². The zero-order chi connectivity index (χ0) is 46.4. The summed E-state index contributed by atoms with van der Waals surface area (Å²) >= 11 is 7.59. The number of nitriles is 1. The van der Waals surface area contributed by atoms with Crippen molar-refractivity contribution in [1.29, 1.82) is 5.26 Å². The molecule has 7 aromatic rings. The topological polar surface area (TPSA) is 66.0 Å². The van der Waals surface area contributed by atoms with E-state index in [0.29, 0.717) is 0 Å². The third-order valence-electron chi connectivity index (χ3n) is 13.1. The van der Waals surface area contributed by atoms with Gasteiger partial charge in [-0.1, -0.05) is 129 Å². The van der Waals surface area contributed by atoms with Gasteiger partial charge in [-0.15, -0.1) is 45.3 Å². The summed E-state index contributed by atoms with van der Waals surface area (Å²) in [6, 6.07) is 27.9. The zero-order valence-electron chi connectivity index (χ0n) is 40.2. The average Bonchev–Trinajstić information content (AvgIpc) is 4.17. The Labute approximate surface area is 411 Å². The summed E-state index contributed by atoms with van der Waals surface area (Å²) in [6.45, 7) is 12.3. The van der Waals surface area contributed by atoms with Crippen molar-refractivity contribution < 1.29 is 9.90 Å². The highest BCUT2D eigenvalue weighted by Crippen LogP contribution is 2.50. The molecule has 0 saturated carbocycles. The highest BCUT2D eigenvalue weighted by atomic mass is 32.1. The van der Waals surface area contributed by atoms with Crippen molar-refractivity contribution >= 4 is 79.2 Å². The van der Waals surface area contributed by atoms with Gasteiger partial charge in [0.05, 0.1) is 0 Å². The zero-order valence-corrected chi connectivity index (χ0v) is 43.4. The molecule has 0 amide bonds. The summed E-state index contributed by atoms with van der Waals surface area (Å²) in [7, 11) is 0. The lowest BCUT2D eigenvalue weighted by Gasteiger charge is -2.03. The van der Waals surface area contributed by atoms with Crippen molar-refractivity contribution in [2.75, 3.05) is 0 Å². The Balaban J connectivity index is 1.33. The first-order valence-electron chi connectivity index (χ1n) is 25.2. The second-order valence-electron chi connectivity index (χ2n) is 18.1. The predicted molar refractivity (Wildman–Crippen MR) is 291 cm³/mol. The van der Waals surface area contributed by atoms with E-state index >= 15 is 0 Å². The quantitative estimate of drug-likeness (QED) is 0.0317. The van der Waals surface area contributed by atoms with Crippen LogP contribution in [0.2, 0.25) is 0 Å². The van der Waals surface area contributed by atoms with Gasteiger partial charge in [0.2, 0.25) is 0 Å². The van der Waals surface area contributed by atoms with Crippen molar-refractivity contribution in [3.63, 3.8) is 0 Å². The molecule has 0 spiro atoms. The monoisotopic (exact) mass is 954 g/mol. The van der Waals surface area contributed by atoms with Crippen LogP contribution < -0.4 is 0 Å². The summed E-state index contributed by atoms with van der Waals surface area (Å²) in [5.41, 5.74) is 9.25. The van der Waals surface area contributed by atoms with Gasteiger partial charge < -0.3 is 9.67 Å². The molecule has 0 aliphatic carbocycles. The molecule has 2 aromatic carbocycles. The highest BCUT2D eigenvalue weighted by Gasteiger charge is 2.23. The fourth-order valence-electron chi connectivity index (χ4n) is 9.50. The first-order chi connectivity index (χ1) is 32.3. The van der Waals surface area contributed by atoms with Gasteiger partial charge in [0.25, 0.3) is 0 Å². The van der Waals surface area contributed by atoms with Crippen LogP contribution in [0.4, 0.5) is 0 Å². The maximum atomic E-state index is 12.0. The number of fused-ring (bicyclic) bond motifs is 3. The Morgan fingerprint density at radius 3 is 1.50 bits per heavy atom. The minimum Gasteiger partial charge on any atom is -0.477 e. The Kier molecular flexibility index (Phi) is 18.6. The van der Waals surface area contributed by atoms with Gasteiger partial charge in [-0.25, -0.2) is 4.79 Å². The summed E-state index contributed by atoms with van der Waals surface area (Å²) in [4.78, 5) is 22.4. The first kappa shape index (κ1) is 49.6. The minimum absolute atomic E-state index is 0.199. The number of nitrogens with zero attached hydrogens (tertiary/aromatic N) is 2. The van der Waals surface area contributed by atoms with Crippen molar-refractivity contribution in [3.8, 4) is 45.8 Å². The number of thiophene rings is 4. The third kappa shape index (κ3) is 11.9. The predicted octanol–water partition coefficient (Wildman–Crippen LogP) is 19.2. The smallest absolute Gasteiger partial charge is 0.346 e. The lowest BCUT2D eigenvalue weighted by Crippen LogP contribution is -1.97. The number of aryl methyl sites for hydroxylation is 5. The number of carboxylic acid groups (broad SMARTS) is 1. The van der Waals surface area contributed by atoms with E-state index in [1.165, 1.54) is 162 Å². The van der Waals surface area contributed by atoms with Crippen LogP contribution in [0.25, 0.3) is 67.6 Å². The van der Waals surface area contributed by atoms with Crippen LogP contribution in [-0.2, 0) is 37.0 Å². The molecule has 0 aliphatic rings. The Morgan fingerprint density at radius 2 is 1.00 bits per heavy atom. The minimum atomic E-state index is -1.16. The second-order valence-corrected chi connectivity index (χ2v) is 22.3. The Morgan fingerprint density at radius 1 is 0.545 bits per heavy atom. The van der Waals surface area contributed by atoms with Crippen molar-refractivity contribution in [2.24, 2.45) is 0 Å². The van der Waals surface area contributed by atoms with Gasteiger partial charge in [-0.2, -0.15) is 5.26 Å². The number of rotatable bonds is 27. The lowest BCUT2D eigenvalue weighted by molar-refractivity contribution is -0.132. The van der Waals surface area contributed by atoms with Crippen LogP contribution >= 0.6 is 45.3 Å². The van der Waals surface area contributed by atoms with Crippen molar-refractivity contribution in [1.82, 2.24) is 4.57 Å². The molecule has 348 valence electrons. The number of hydrogen-bond acceptors (Lipinski definition) is 6. The van der Waals surface area contributed by atoms with Crippen LogP contribution in [-0.4, -0.2) is 15.6 Å². The Bertz CT molecular complexity index is 2760. The lowest BCUT2D eigenvalue weighted by atomic mass is 10.0. The third-order valence-corrected chi connectivity index (χ3v) is 18.4. The summed E-state index contributed by atoms with van der Waals surface area (Å²) in [5, 5.41) is 22.3. The molecule has 7 rings (SSSR count). The van der Waals surface area contributed by atoms with E-state index in [4.69, 9.17) is 0 Å². The summed E-state index contributed by atoms with van der Waals surface area (Å²) < 4.78 is 2.45. The number of carboxylic acids is 1. The van der Waals surface area contributed by atoms with Gasteiger partial charge in [-0.3, -0.25) is 0 Å². The van der Waals surface area contributed by atoms with Gasteiger partial charge in [0.1, 0.15) is 11.6 Å². The van der Waals surface area contributed by atoms with E-state index in [9.17, 15) is 15.2 Å². The molecule has 5 aromatic heterocycles. The molecule has 8 heteroatoms. The number of aliphatic carboxylic acids is 1. The molecular weight excluding hydrogens is 885 g/mol. The molecule has 0 fully saturated rings. The van der Waals surface area contributed by atoms with Crippen LogP contribution in [0.3, 0.4) is 0 Å². The largest absolute Gasteiger partial charge is 0.477 e. The molecule has 0 aliphatic heterocycles. The van der Waals surface area contributed by atoms with E-state index in [0.717, 1.165) is 61.9 Å².